The predicted molar refractivity (Wildman–Crippen MR) is 80.0 cm³/mol. The van der Waals surface area contributed by atoms with Gasteiger partial charge in [0, 0.05) is 35.5 Å². The van der Waals surface area contributed by atoms with E-state index in [1.807, 2.05) is 0 Å². The number of hydrogen-bond donors (Lipinski definition) is 2. The molecule has 2 aromatic rings. The van der Waals surface area contributed by atoms with E-state index >= 15 is 0 Å². The van der Waals surface area contributed by atoms with Gasteiger partial charge in [0.25, 0.3) is 17.3 Å². The number of nitrogens with one attached hydrogen (secondary N) is 2. The van der Waals surface area contributed by atoms with Crippen LogP contribution in [0.4, 0.5) is 17.1 Å². The van der Waals surface area contributed by atoms with Gasteiger partial charge in [-0.15, -0.1) is 0 Å². The van der Waals surface area contributed by atoms with Gasteiger partial charge in [0.15, 0.2) is 0 Å². The molecule has 0 saturated heterocycles. The number of amides is 1. The fraction of sp³-hybridized carbons (Fsp3) is 0.0714. The summed E-state index contributed by atoms with van der Waals surface area (Å²) in [5.74, 6) is -0.487. The first-order chi connectivity index (χ1) is 11.0. The molecule has 23 heavy (non-hydrogen) atoms. The number of nitrogens with zero attached hydrogens (tertiary/aromatic N) is 2. The summed E-state index contributed by atoms with van der Waals surface area (Å²) in [6.07, 6.45) is -0.656. The second-order valence-electron chi connectivity index (χ2n) is 4.89. The number of carbonyl (C=O) groups is 1. The quantitative estimate of drug-likeness (QED) is 0.661. The van der Waals surface area contributed by atoms with Gasteiger partial charge in [-0.2, -0.15) is 0 Å². The number of hydrogen-bond acceptors (Lipinski definition) is 6. The molecule has 2 N–H and O–H groups in total. The van der Waals surface area contributed by atoms with Crippen molar-refractivity contribution in [2.75, 3.05) is 5.32 Å². The topological polar surface area (TPSA) is 127 Å². The van der Waals surface area contributed by atoms with Crippen LogP contribution in [0.3, 0.4) is 0 Å². The lowest BCUT2D eigenvalue weighted by Crippen LogP contribution is -2.38. The minimum Gasteiger partial charge on any atom is -0.361 e. The summed E-state index contributed by atoms with van der Waals surface area (Å²) in [5.41, 5.74) is 0.816. The maximum absolute atomic E-state index is 12.2. The van der Waals surface area contributed by atoms with Crippen LogP contribution in [-0.2, 0) is 0 Å². The highest BCUT2D eigenvalue weighted by Crippen LogP contribution is 2.30. The van der Waals surface area contributed by atoms with E-state index in [2.05, 4.69) is 10.6 Å². The Morgan fingerprint density at radius 2 is 1.61 bits per heavy atom. The molecule has 1 amide bonds. The van der Waals surface area contributed by atoms with Crippen molar-refractivity contribution in [1.29, 1.82) is 0 Å². The van der Waals surface area contributed by atoms with E-state index in [0.29, 0.717) is 11.3 Å². The molecule has 9 heteroatoms. The third kappa shape index (κ3) is 2.67. The van der Waals surface area contributed by atoms with Crippen LogP contribution in [0.5, 0.6) is 0 Å². The summed E-state index contributed by atoms with van der Waals surface area (Å²) >= 11 is 0. The van der Waals surface area contributed by atoms with E-state index in [0.717, 1.165) is 0 Å². The molecule has 3 rings (SSSR count). The number of carbonyl (C=O) groups excluding carboxylic acids is 1. The minimum atomic E-state index is -0.656. The zero-order valence-corrected chi connectivity index (χ0v) is 11.6. The summed E-state index contributed by atoms with van der Waals surface area (Å²) in [6.45, 7) is 0. The highest BCUT2D eigenvalue weighted by atomic mass is 16.6. The van der Waals surface area contributed by atoms with Crippen molar-refractivity contribution >= 4 is 23.0 Å². The van der Waals surface area contributed by atoms with Gasteiger partial charge >= 0.3 is 0 Å². The first kappa shape index (κ1) is 14.4. The molecule has 0 aliphatic carbocycles. The van der Waals surface area contributed by atoms with Gasteiger partial charge in [-0.25, -0.2) is 0 Å². The Morgan fingerprint density at radius 3 is 2.30 bits per heavy atom. The molecule has 0 bridgehead atoms. The van der Waals surface area contributed by atoms with E-state index in [1.54, 1.807) is 6.07 Å². The van der Waals surface area contributed by atoms with Crippen molar-refractivity contribution in [3.05, 3.63) is 73.8 Å². The number of fused-ring (bicyclic) bond motifs is 1. The Kier molecular flexibility index (Phi) is 3.37. The molecular weight excluding hydrogens is 304 g/mol. The van der Waals surface area contributed by atoms with Gasteiger partial charge in [-0.05, 0) is 6.07 Å². The first-order valence-electron chi connectivity index (χ1n) is 6.56. The van der Waals surface area contributed by atoms with Gasteiger partial charge in [-0.3, -0.25) is 25.0 Å². The Hall–Kier alpha value is -3.49. The minimum absolute atomic E-state index is 0.0898. The number of nitro groups is 2. The standard InChI is InChI=1S/C14H10N4O5/c19-14-11-7-10(18(22)23)4-5-12(11)15-13(16-14)8-2-1-3-9(6-8)17(20)21/h1-7,13,15H,(H,16,19). The maximum Gasteiger partial charge on any atom is 0.270 e. The van der Waals surface area contributed by atoms with Crippen LogP contribution in [0.2, 0.25) is 0 Å². The zero-order valence-electron chi connectivity index (χ0n) is 11.6. The first-order valence-corrected chi connectivity index (χ1v) is 6.56. The predicted octanol–water partition coefficient (Wildman–Crippen LogP) is 2.36. The van der Waals surface area contributed by atoms with Gasteiger partial charge in [0.2, 0.25) is 0 Å². The smallest absolute Gasteiger partial charge is 0.270 e. The van der Waals surface area contributed by atoms with Gasteiger partial charge in [0.05, 0.1) is 15.4 Å². The number of non-ortho nitro benzene ring substituents is 2. The molecule has 2 aromatic carbocycles. The Bertz CT molecular complexity index is 836. The summed E-state index contributed by atoms with van der Waals surface area (Å²) < 4.78 is 0. The SMILES string of the molecule is O=C1NC(c2cccc([N+](=O)[O-])c2)Nc2ccc([N+](=O)[O-])cc21. The van der Waals surface area contributed by atoms with Gasteiger partial charge in [-0.1, -0.05) is 12.1 Å². The summed E-state index contributed by atoms with van der Waals surface area (Å²) in [7, 11) is 0. The highest BCUT2D eigenvalue weighted by molar-refractivity contribution is 6.02. The number of anilines is 1. The normalized spacial score (nSPS) is 16.0. The van der Waals surface area contributed by atoms with Crippen LogP contribution in [-0.4, -0.2) is 15.8 Å². The molecule has 1 atom stereocenters. The van der Waals surface area contributed by atoms with Crippen LogP contribution in [0.15, 0.2) is 42.5 Å². The largest absolute Gasteiger partial charge is 0.361 e. The van der Waals surface area contributed by atoms with Crippen molar-refractivity contribution in [3.63, 3.8) is 0 Å². The van der Waals surface area contributed by atoms with Gasteiger partial charge in [0.1, 0.15) is 6.17 Å². The van der Waals surface area contributed by atoms with Crippen molar-refractivity contribution in [2.24, 2.45) is 0 Å². The van der Waals surface area contributed by atoms with E-state index in [-0.39, 0.29) is 16.9 Å². The summed E-state index contributed by atoms with van der Waals surface area (Å²) in [5, 5.41) is 27.2. The number of nitro benzene ring substituents is 2. The molecule has 0 radical (unpaired) electrons. The lowest BCUT2D eigenvalue weighted by Gasteiger charge is -2.27. The fourth-order valence-corrected chi connectivity index (χ4v) is 2.34. The van der Waals surface area contributed by atoms with E-state index in [4.69, 9.17) is 0 Å². The lowest BCUT2D eigenvalue weighted by atomic mass is 10.0. The Balaban J connectivity index is 1.95. The number of benzene rings is 2. The Labute approximate surface area is 129 Å². The fourth-order valence-electron chi connectivity index (χ4n) is 2.34. The van der Waals surface area contributed by atoms with E-state index in [9.17, 15) is 25.0 Å². The zero-order chi connectivity index (χ0) is 16.6. The van der Waals surface area contributed by atoms with Crippen molar-refractivity contribution in [2.45, 2.75) is 6.17 Å². The van der Waals surface area contributed by atoms with E-state index < -0.39 is 21.9 Å². The van der Waals surface area contributed by atoms with Crippen LogP contribution < -0.4 is 10.6 Å². The average Bonchev–Trinajstić information content (AvgIpc) is 2.54. The average molecular weight is 314 g/mol. The molecule has 1 aliphatic heterocycles. The summed E-state index contributed by atoms with van der Waals surface area (Å²) in [4.78, 5) is 32.7. The third-order valence-corrected chi connectivity index (χ3v) is 3.45. The number of rotatable bonds is 3. The van der Waals surface area contributed by atoms with Crippen LogP contribution in [0, 0.1) is 20.2 Å². The molecule has 9 nitrogen and oxygen atoms in total. The maximum atomic E-state index is 12.2. The molecule has 116 valence electrons. The van der Waals surface area contributed by atoms with Crippen LogP contribution >= 0.6 is 0 Å². The van der Waals surface area contributed by atoms with E-state index in [1.165, 1.54) is 36.4 Å². The molecule has 0 aromatic heterocycles. The Morgan fingerprint density at radius 1 is 0.913 bits per heavy atom. The van der Waals surface area contributed by atoms with Crippen LogP contribution in [0.1, 0.15) is 22.1 Å². The molecule has 1 heterocycles. The van der Waals surface area contributed by atoms with Crippen molar-refractivity contribution < 1.29 is 14.6 Å². The molecule has 0 fully saturated rings. The van der Waals surface area contributed by atoms with Crippen molar-refractivity contribution in [3.8, 4) is 0 Å². The van der Waals surface area contributed by atoms with Gasteiger partial charge < -0.3 is 10.6 Å². The molecule has 0 saturated carbocycles. The highest BCUT2D eigenvalue weighted by Gasteiger charge is 2.27. The second-order valence-corrected chi connectivity index (χ2v) is 4.89. The molecule has 1 unspecified atom stereocenters. The molecular formula is C14H10N4O5. The summed E-state index contributed by atoms with van der Waals surface area (Å²) in [6, 6.07) is 9.78. The van der Waals surface area contributed by atoms with Crippen LogP contribution in [0.25, 0.3) is 0 Å². The second kappa shape index (κ2) is 5.37. The lowest BCUT2D eigenvalue weighted by molar-refractivity contribution is -0.385. The third-order valence-electron chi connectivity index (χ3n) is 3.45. The molecule has 0 spiro atoms. The van der Waals surface area contributed by atoms with Crippen molar-refractivity contribution in [1.82, 2.24) is 5.32 Å². The molecule has 1 aliphatic rings. The monoisotopic (exact) mass is 314 g/mol.